The van der Waals surface area contributed by atoms with Gasteiger partial charge in [-0.15, -0.1) is 0 Å². The second kappa shape index (κ2) is 8.05. The Morgan fingerprint density at radius 3 is 2.85 bits per heavy atom. The smallest absolute Gasteiger partial charge is 0.339 e. The van der Waals surface area contributed by atoms with Crippen LogP contribution in [0.4, 0.5) is 5.69 Å². The minimum absolute atomic E-state index is 0.00583. The average molecular weight is 359 g/mol. The van der Waals surface area contributed by atoms with Crippen LogP contribution in [0.3, 0.4) is 0 Å². The number of aryl methyl sites for hydroxylation is 1. The van der Waals surface area contributed by atoms with E-state index in [2.05, 4.69) is 5.32 Å². The van der Waals surface area contributed by atoms with Crippen LogP contribution in [0, 0.1) is 0 Å². The van der Waals surface area contributed by atoms with Crippen molar-refractivity contribution in [3.05, 3.63) is 47.4 Å². The second-order valence-corrected chi connectivity index (χ2v) is 6.03. The van der Waals surface area contributed by atoms with E-state index in [4.69, 9.17) is 19.0 Å². The molecule has 1 aromatic heterocycles. The van der Waals surface area contributed by atoms with Crippen LogP contribution >= 0.6 is 0 Å². The van der Waals surface area contributed by atoms with E-state index in [-0.39, 0.29) is 23.2 Å². The van der Waals surface area contributed by atoms with Gasteiger partial charge in [0.05, 0.1) is 6.10 Å². The van der Waals surface area contributed by atoms with E-state index in [1.54, 1.807) is 31.2 Å². The van der Waals surface area contributed by atoms with Gasteiger partial charge >= 0.3 is 5.97 Å². The quantitative estimate of drug-likeness (QED) is 0.787. The molecule has 1 aromatic carbocycles. The first-order chi connectivity index (χ1) is 12.6. The fraction of sp³-hybridized carbons (Fsp3) is 0.368. The van der Waals surface area contributed by atoms with Crippen molar-refractivity contribution in [3.63, 3.8) is 0 Å². The summed E-state index contributed by atoms with van der Waals surface area (Å²) >= 11 is 0. The van der Waals surface area contributed by atoms with Crippen molar-refractivity contribution >= 4 is 17.6 Å². The first kappa shape index (κ1) is 18.0. The van der Waals surface area contributed by atoms with Crippen molar-refractivity contribution in [1.82, 2.24) is 0 Å². The lowest BCUT2D eigenvalue weighted by molar-refractivity contribution is 0.0679. The summed E-state index contributed by atoms with van der Waals surface area (Å²) in [5.74, 6) is -0.767. The number of benzene rings is 1. The van der Waals surface area contributed by atoms with Crippen molar-refractivity contribution in [2.45, 2.75) is 32.3 Å². The number of furan rings is 1. The number of carbonyl (C=O) groups excluding carboxylic acids is 1. The minimum atomic E-state index is -1.12. The highest BCUT2D eigenvalue weighted by Gasteiger charge is 2.20. The molecule has 2 aromatic rings. The van der Waals surface area contributed by atoms with Gasteiger partial charge in [0.15, 0.2) is 5.76 Å². The summed E-state index contributed by atoms with van der Waals surface area (Å²) in [7, 11) is 0. The van der Waals surface area contributed by atoms with Crippen molar-refractivity contribution < 1.29 is 28.6 Å². The molecule has 7 heteroatoms. The van der Waals surface area contributed by atoms with Crippen LogP contribution in [-0.4, -0.2) is 36.3 Å². The van der Waals surface area contributed by atoms with Gasteiger partial charge in [0.2, 0.25) is 0 Å². The third-order valence-electron chi connectivity index (χ3n) is 4.14. The monoisotopic (exact) mass is 359 g/mol. The number of carboxylic acid groups (broad SMARTS) is 1. The molecule has 0 aliphatic carbocycles. The Balaban J connectivity index is 1.65. The summed E-state index contributed by atoms with van der Waals surface area (Å²) in [6, 6.07) is 8.24. The molecule has 3 rings (SSSR count). The Morgan fingerprint density at radius 1 is 1.35 bits per heavy atom. The zero-order chi connectivity index (χ0) is 18.5. The van der Waals surface area contributed by atoms with E-state index in [0.29, 0.717) is 24.5 Å². The number of anilines is 1. The summed E-state index contributed by atoms with van der Waals surface area (Å²) in [5, 5.41) is 11.8. The summed E-state index contributed by atoms with van der Waals surface area (Å²) in [4.78, 5) is 23.5. The van der Waals surface area contributed by atoms with Gasteiger partial charge in [-0.25, -0.2) is 4.79 Å². The molecule has 1 amide bonds. The van der Waals surface area contributed by atoms with Crippen molar-refractivity contribution in [2.24, 2.45) is 0 Å². The van der Waals surface area contributed by atoms with Crippen molar-refractivity contribution in [3.8, 4) is 5.75 Å². The topological polar surface area (TPSA) is 98.0 Å². The molecule has 1 aliphatic rings. The number of carboxylic acids is 1. The number of rotatable bonds is 7. The third kappa shape index (κ3) is 4.23. The van der Waals surface area contributed by atoms with Gasteiger partial charge in [0.1, 0.15) is 23.7 Å². The molecule has 138 valence electrons. The maximum atomic E-state index is 12.3. The Morgan fingerprint density at radius 2 is 2.19 bits per heavy atom. The number of amides is 1. The summed E-state index contributed by atoms with van der Waals surface area (Å²) in [6.45, 7) is 3.00. The first-order valence-electron chi connectivity index (χ1n) is 8.58. The predicted molar refractivity (Wildman–Crippen MR) is 93.9 cm³/mol. The van der Waals surface area contributed by atoms with Gasteiger partial charge in [-0.05, 0) is 25.0 Å². The van der Waals surface area contributed by atoms with Gasteiger partial charge in [0, 0.05) is 30.8 Å². The van der Waals surface area contributed by atoms with Gasteiger partial charge in [-0.1, -0.05) is 13.0 Å². The van der Waals surface area contributed by atoms with Gasteiger partial charge in [-0.3, -0.25) is 4.79 Å². The molecule has 0 radical (unpaired) electrons. The molecule has 26 heavy (non-hydrogen) atoms. The largest absolute Gasteiger partial charge is 0.491 e. The maximum absolute atomic E-state index is 12.3. The lowest BCUT2D eigenvalue weighted by Gasteiger charge is -2.12. The van der Waals surface area contributed by atoms with E-state index in [1.807, 2.05) is 0 Å². The molecule has 0 spiro atoms. The molecule has 2 N–H and O–H groups in total. The lowest BCUT2D eigenvalue weighted by Crippen LogP contribution is -2.16. The molecule has 7 nitrogen and oxygen atoms in total. The van der Waals surface area contributed by atoms with E-state index >= 15 is 0 Å². The van der Waals surface area contributed by atoms with Crippen LogP contribution < -0.4 is 10.1 Å². The minimum Gasteiger partial charge on any atom is -0.491 e. The van der Waals surface area contributed by atoms with Gasteiger partial charge in [-0.2, -0.15) is 0 Å². The summed E-state index contributed by atoms with van der Waals surface area (Å²) in [6.07, 6.45) is 2.53. The molecule has 1 fully saturated rings. The van der Waals surface area contributed by atoms with Gasteiger partial charge in [0.25, 0.3) is 5.91 Å². The van der Waals surface area contributed by atoms with E-state index in [1.165, 1.54) is 6.07 Å². The van der Waals surface area contributed by atoms with E-state index in [9.17, 15) is 9.59 Å². The SMILES string of the molecule is CCc1oc(C(=O)Nc2cccc(OCC3CCCO3)c2)cc1C(=O)O. The highest BCUT2D eigenvalue weighted by atomic mass is 16.5. The number of hydrogen-bond acceptors (Lipinski definition) is 5. The number of carbonyl (C=O) groups is 2. The molecule has 1 saturated heterocycles. The molecule has 0 saturated carbocycles. The zero-order valence-corrected chi connectivity index (χ0v) is 14.5. The first-order valence-corrected chi connectivity index (χ1v) is 8.58. The Bertz CT molecular complexity index is 791. The number of hydrogen-bond donors (Lipinski definition) is 2. The molecule has 1 atom stereocenters. The molecule has 2 heterocycles. The van der Waals surface area contributed by atoms with E-state index < -0.39 is 11.9 Å². The maximum Gasteiger partial charge on any atom is 0.339 e. The number of nitrogens with one attached hydrogen (secondary N) is 1. The fourth-order valence-electron chi connectivity index (χ4n) is 2.81. The van der Waals surface area contributed by atoms with Crippen molar-refractivity contribution in [2.75, 3.05) is 18.5 Å². The predicted octanol–water partition coefficient (Wildman–Crippen LogP) is 3.35. The van der Waals surface area contributed by atoms with Crippen LogP contribution in [0.25, 0.3) is 0 Å². The zero-order valence-electron chi connectivity index (χ0n) is 14.5. The molecule has 0 bridgehead atoms. The summed E-state index contributed by atoms with van der Waals surface area (Å²) < 4.78 is 16.6. The van der Waals surface area contributed by atoms with Crippen LogP contribution in [0.2, 0.25) is 0 Å². The van der Waals surface area contributed by atoms with Crippen LogP contribution in [0.1, 0.15) is 46.4 Å². The molecular formula is C19H21NO6. The van der Waals surface area contributed by atoms with Crippen LogP contribution in [-0.2, 0) is 11.2 Å². The second-order valence-electron chi connectivity index (χ2n) is 6.03. The molecular weight excluding hydrogens is 338 g/mol. The standard InChI is InChI=1S/C19H21NO6/c1-2-16-15(19(22)23)10-17(26-16)18(21)20-12-5-3-6-13(9-12)25-11-14-7-4-8-24-14/h3,5-6,9-10,14H,2,4,7-8,11H2,1H3,(H,20,21)(H,22,23). The highest BCUT2D eigenvalue weighted by Crippen LogP contribution is 2.22. The van der Waals surface area contributed by atoms with Gasteiger partial charge < -0.3 is 24.3 Å². The summed E-state index contributed by atoms with van der Waals surface area (Å²) in [5.41, 5.74) is 0.539. The Hall–Kier alpha value is -2.80. The Kier molecular flexibility index (Phi) is 5.58. The number of ether oxygens (including phenoxy) is 2. The highest BCUT2D eigenvalue weighted by molar-refractivity contribution is 6.04. The Labute approximate surface area is 150 Å². The van der Waals surface area contributed by atoms with Crippen molar-refractivity contribution in [1.29, 1.82) is 0 Å². The van der Waals surface area contributed by atoms with Crippen LogP contribution in [0.5, 0.6) is 5.75 Å². The fourth-order valence-corrected chi connectivity index (χ4v) is 2.81. The molecule has 1 unspecified atom stereocenters. The van der Waals surface area contributed by atoms with Crippen LogP contribution in [0.15, 0.2) is 34.7 Å². The molecule has 1 aliphatic heterocycles. The van der Waals surface area contributed by atoms with E-state index in [0.717, 1.165) is 19.4 Å². The third-order valence-corrected chi connectivity index (χ3v) is 4.14. The normalized spacial score (nSPS) is 16.4. The average Bonchev–Trinajstić information content (AvgIpc) is 3.29. The number of aromatic carboxylic acids is 1. The lowest BCUT2D eigenvalue weighted by atomic mass is 10.2.